The average Bonchev–Trinajstić information content (AvgIpc) is 2.60. The van der Waals surface area contributed by atoms with Gasteiger partial charge in [-0.25, -0.2) is 9.97 Å². The third-order valence-corrected chi connectivity index (χ3v) is 4.86. The fourth-order valence-electron chi connectivity index (χ4n) is 3.30. The van der Waals surface area contributed by atoms with E-state index in [1.165, 1.54) is 0 Å². The number of hydrogen-bond donors (Lipinski definition) is 1. The Morgan fingerprint density at radius 1 is 1.32 bits per heavy atom. The van der Waals surface area contributed by atoms with Crippen LogP contribution in [0.3, 0.4) is 0 Å². The lowest BCUT2D eigenvalue weighted by Gasteiger charge is -2.37. The van der Waals surface area contributed by atoms with Crippen molar-refractivity contribution in [3.05, 3.63) is 12.4 Å². The highest BCUT2D eigenvalue weighted by Gasteiger charge is 2.27. The van der Waals surface area contributed by atoms with Gasteiger partial charge in [-0.3, -0.25) is 4.79 Å². The monoisotopic (exact) mass is 348 g/mol. The van der Waals surface area contributed by atoms with E-state index in [9.17, 15) is 4.79 Å². The Labute approximate surface area is 149 Å². The van der Waals surface area contributed by atoms with Crippen molar-refractivity contribution in [1.82, 2.24) is 19.8 Å². The van der Waals surface area contributed by atoms with Crippen LogP contribution in [0.4, 0.5) is 11.6 Å². The lowest BCUT2D eigenvalue weighted by Crippen LogP contribution is -2.50. The van der Waals surface area contributed by atoms with Crippen LogP contribution in [-0.2, 0) is 9.53 Å². The first kappa shape index (κ1) is 17.9. The third-order valence-electron chi connectivity index (χ3n) is 4.86. The number of morpholine rings is 1. The highest BCUT2D eigenvalue weighted by Crippen LogP contribution is 2.18. The first-order valence-electron chi connectivity index (χ1n) is 8.85. The van der Waals surface area contributed by atoms with Gasteiger partial charge < -0.3 is 24.8 Å². The number of nitrogens with zero attached hydrogens (tertiary/aromatic N) is 5. The molecule has 1 unspecified atom stereocenters. The predicted molar refractivity (Wildman–Crippen MR) is 96.8 cm³/mol. The molecule has 138 valence electrons. The first-order valence-corrected chi connectivity index (χ1v) is 8.85. The number of carbonyl (C=O) groups is 1. The van der Waals surface area contributed by atoms with Crippen molar-refractivity contribution in [3.8, 4) is 0 Å². The molecule has 2 aliphatic heterocycles. The van der Waals surface area contributed by atoms with Crippen LogP contribution in [0.25, 0.3) is 0 Å². The Balaban J connectivity index is 1.44. The summed E-state index contributed by atoms with van der Waals surface area (Å²) < 4.78 is 5.65. The van der Waals surface area contributed by atoms with Crippen molar-refractivity contribution in [2.75, 3.05) is 64.1 Å². The largest absolute Gasteiger partial charge is 0.367 e. The van der Waals surface area contributed by atoms with Gasteiger partial charge in [-0.05, 0) is 12.8 Å². The topological polar surface area (TPSA) is 73.8 Å². The zero-order chi connectivity index (χ0) is 17.8. The van der Waals surface area contributed by atoms with Gasteiger partial charge in [0.05, 0.1) is 6.10 Å². The molecule has 2 fully saturated rings. The molecule has 8 heteroatoms. The van der Waals surface area contributed by atoms with Crippen LogP contribution >= 0.6 is 0 Å². The van der Waals surface area contributed by atoms with Gasteiger partial charge in [0.1, 0.15) is 24.6 Å². The summed E-state index contributed by atoms with van der Waals surface area (Å²) >= 11 is 0. The van der Waals surface area contributed by atoms with E-state index in [2.05, 4.69) is 20.2 Å². The Morgan fingerprint density at radius 3 is 2.76 bits per heavy atom. The summed E-state index contributed by atoms with van der Waals surface area (Å²) in [5, 5.41) is 3.52. The number of rotatable bonds is 5. The highest BCUT2D eigenvalue weighted by atomic mass is 16.5. The number of amides is 1. The molecule has 8 nitrogen and oxygen atoms in total. The summed E-state index contributed by atoms with van der Waals surface area (Å²) in [7, 11) is 5.80. The fraction of sp³-hybridized carbons (Fsp3) is 0.706. The molecule has 3 rings (SSSR count). The Bertz CT molecular complexity index is 588. The van der Waals surface area contributed by atoms with E-state index in [1.54, 1.807) is 11.2 Å². The number of likely N-dealkylation sites (tertiary alicyclic amines) is 1. The number of likely N-dealkylation sites (N-methyl/N-ethyl adjacent to an activating group) is 1. The van der Waals surface area contributed by atoms with Crippen molar-refractivity contribution in [3.63, 3.8) is 0 Å². The van der Waals surface area contributed by atoms with Crippen molar-refractivity contribution in [2.45, 2.75) is 25.0 Å². The molecule has 2 aliphatic rings. The molecular weight excluding hydrogens is 320 g/mol. The summed E-state index contributed by atoms with van der Waals surface area (Å²) in [4.78, 5) is 26.2. The molecule has 1 aromatic rings. The lowest BCUT2D eigenvalue weighted by molar-refractivity contribution is -0.147. The van der Waals surface area contributed by atoms with E-state index in [4.69, 9.17) is 4.74 Å². The van der Waals surface area contributed by atoms with Crippen LogP contribution in [0, 0.1) is 0 Å². The van der Waals surface area contributed by atoms with Crippen molar-refractivity contribution in [1.29, 1.82) is 0 Å². The minimum Gasteiger partial charge on any atom is -0.367 e. The van der Waals surface area contributed by atoms with Crippen LogP contribution in [0.1, 0.15) is 12.8 Å². The predicted octanol–water partition coefficient (Wildman–Crippen LogP) is 0.276. The fourth-order valence-corrected chi connectivity index (χ4v) is 3.30. The second-order valence-corrected chi connectivity index (χ2v) is 7.08. The number of piperidine rings is 1. The van der Waals surface area contributed by atoms with Gasteiger partial charge >= 0.3 is 0 Å². The number of hydrogen-bond acceptors (Lipinski definition) is 7. The lowest BCUT2D eigenvalue weighted by atomic mass is 10.0. The number of nitrogens with one attached hydrogen (secondary N) is 1. The Morgan fingerprint density at radius 2 is 2.08 bits per heavy atom. The summed E-state index contributed by atoms with van der Waals surface area (Å²) in [5.41, 5.74) is 0. The summed E-state index contributed by atoms with van der Waals surface area (Å²) in [6.45, 7) is 3.84. The molecule has 0 aliphatic carbocycles. The maximum Gasteiger partial charge on any atom is 0.248 e. The quantitative estimate of drug-likeness (QED) is 0.819. The molecule has 1 amide bonds. The van der Waals surface area contributed by atoms with Crippen LogP contribution in [0.5, 0.6) is 0 Å². The molecule has 0 spiro atoms. The van der Waals surface area contributed by atoms with E-state index in [1.807, 2.05) is 32.1 Å². The van der Waals surface area contributed by atoms with E-state index < -0.39 is 0 Å². The highest BCUT2D eigenvalue weighted by molar-refractivity contribution is 5.77. The SMILES string of the molecule is CN1CC(CN2CCC(Nc3cc(N(C)C)ncn3)CC2)OCC1=O. The molecule has 1 N–H and O–H groups in total. The standard InChI is InChI=1S/C17H28N6O2/c1-21(2)16-8-15(18-12-19-16)20-13-4-6-23(7-5-13)10-14-9-22(3)17(24)11-25-14/h8,12-14H,4-7,9-11H2,1-3H3,(H,18,19,20). The molecular formula is C17H28N6O2. The normalized spacial score (nSPS) is 22.9. The van der Waals surface area contributed by atoms with Gasteiger partial charge in [-0.1, -0.05) is 0 Å². The molecule has 2 saturated heterocycles. The number of anilines is 2. The van der Waals surface area contributed by atoms with Gasteiger partial charge in [0.25, 0.3) is 0 Å². The smallest absolute Gasteiger partial charge is 0.248 e. The third kappa shape index (κ3) is 4.79. The van der Waals surface area contributed by atoms with E-state index in [-0.39, 0.29) is 18.6 Å². The van der Waals surface area contributed by atoms with Crippen LogP contribution < -0.4 is 10.2 Å². The molecule has 3 heterocycles. The average molecular weight is 348 g/mol. The molecule has 0 radical (unpaired) electrons. The van der Waals surface area contributed by atoms with Crippen molar-refractivity contribution >= 4 is 17.5 Å². The molecule has 0 aromatic carbocycles. The van der Waals surface area contributed by atoms with E-state index in [0.717, 1.165) is 44.1 Å². The summed E-state index contributed by atoms with van der Waals surface area (Å²) in [5.74, 6) is 1.86. The second-order valence-electron chi connectivity index (χ2n) is 7.08. The number of aromatic nitrogens is 2. The van der Waals surface area contributed by atoms with Crippen LogP contribution in [0.2, 0.25) is 0 Å². The number of ether oxygens (including phenoxy) is 1. The minimum absolute atomic E-state index is 0.0705. The maximum atomic E-state index is 11.5. The van der Waals surface area contributed by atoms with E-state index in [0.29, 0.717) is 12.6 Å². The Kier molecular flexibility index (Phi) is 5.70. The van der Waals surface area contributed by atoms with E-state index >= 15 is 0 Å². The molecule has 1 atom stereocenters. The van der Waals surface area contributed by atoms with Gasteiger partial charge in [0, 0.05) is 59.4 Å². The minimum atomic E-state index is 0.0705. The molecule has 25 heavy (non-hydrogen) atoms. The van der Waals surface area contributed by atoms with Gasteiger partial charge in [-0.15, -0.1) is 0 Å². The van der Waals surface area contributed by atoms with Gasteiger partial charge in [0.15, 0.2) is 0 Å². The van der Waals surface area contributed by atoms with Crippen molar-refractivity contribution in [2.24, 2.45) is 0 Å². The van der Waals surface area contributed by atoms with Crippen molar-refractivity contribution < 1.29 is 9.53 Å². The Hall–Kier alpha value is -1.93. The summed E-state index contributed by atoms with van der Waals surface area (Å²) in [6, 6.07) is 2.41. The first-order chi connectivity index (χ1) is 12.0. The summed E-state index contributed by atoms with van der Waals surface area (Å²) in [6.07, 6.45) is 3.87. The zero-order valence-electron chi connectivity index (χ0n) is 15.3. The second kappa shape index (κ2) is 7.97. The number of carbonyl (C=O) groups excluding carboxylic acids is 1. The van der Waals surface area contributed by atoms with Crippen LogP contribution in [-0.4, -0.2) is 91.7 Å². The molecule has 0 bridgehead atoms. The maximum absolute atomic E-state index is 11.5. The molecule has 1 aromatic heterocycles. The van der Waals surface area contributed by atoms with Crippen LogP contribution in [0.15, 0.2) is 12.4 Å². The molecule has 0 saturated carbocycles. The van der Waals surface area contributed by atoms with Gasteiger partial charge in [0.2, 0.25) is 5.91 Å². The zero-order valence-corrected chi connectivity index (χ0v) is 15.3. The van der Waals surface area contributed by atoms with Gasteiger partial charge in [-0.2, -0.15) is 0 Å².